The van der Waals surface area contributed by atoms with E-state index in [9.17, 15) is 22.8 Å². The number of nitrogens with one attached hydrogen (secondary N) is 2. The molecule has 1 atom stereocenters. The third-order valence-corrected chi connectivity index (χ3v) is 2.74. The van der Waals surface area contributed by atoms with Gasteiger partial charge in [-0.15, -0.1) is 0 Å². The number of hydrogen-bond acceptors (Lipinski definition) is 3. The highest BCUT2D eigenvalue weighted by Gasteiger charge is 2.31. The number of carbonyl (C=O) groups excluding carboxylic acids is 1. The molecule has 5 nitrogen and oxygen atoms in total. The topological polar surface area (TPSA) is 78.4 Å². The first kappa shape index (κ1) is 16.8. The molecule has 0 radical (unpaired) electrons. The maximum Gasteiger partial charge on any atom is 0.416 e. The van der Waals surface area contributed by atoms with Crippen LogP contribution in [0, 0.1) is 6.92 Å². The zero-order valence-corrected chi connectivity index (χ0v) is 11.4. The van der Waals surface area contributed by atoms with Gasteiger partial charge in [-0.1, -0.05) is 6.07 Å². The van der Waals surface area contributed by atoms with Crippen LogP contribution < -0.4 is 10.6 Å². The molecule has 0 heterocycles. The van der Waals surface area contributed by atoms with Crippen molar-refractivity contribution in [3.8, 4) is 0 Å². The summed E-state index contributed by atoms with van der Waals surface area (Å²) in [4.78, 5) is 21.8. The van der Waals surface area contributed by atoms with Crippen LogP contribution in [0.25, 0.3) is 0 Å². The normalized spacial score (nSPS) is 12.6. The van der Waals surface area contributed by atoms with Gasteiger partial charge in [-0.25, -0.2) is 4.79 Å². The molecule has 8 heteroatoms. The van der Waals surface area contributed by atoms with Crippen molar-refractivity contribution in [2.45, 2.75) is 26.1 Å². The summed E-state index contributed by atoms with van der Waals surface area (Å²) in [6.45, 7) is 2.53. The number of rotatable bonds is 5. The number of aliphatic carboxylic acids is 1. The molecule has 0 saturated heterocycles. The maximum atomic E-state index is 12.6. The summed E-state index contributed by atoms with van der Waals surface area (Å²) in [6.07, 6.45) is -4.48. The average molecular weight is 304 g/mol. The number of anilines is 1. The summed E-state index contributed by atoms with van der Waals surface area (Å²) in [5.74, 6) is -1.81. The molecule has 1 aromatic carbocycles. The molecule has 0 bridgehead atoms. The fourth-order valence-corrected chi connectivity index (χ4v) is 1.65. The van der Waals surface area contributed by atoms with Crippen molar-refractivity contribution in [2.75, 3.05) is 11.9 Å². The Bertz CT molecular complexity index is 544. The molecule has 3 N–H and O–H groups in total. The van der Waals surface area contributed by atoms with Crippen LogP contribution in [-0.2, 0) is 15.8 Å². The second-order valence-electron chi connectivity index (χ2n) is 4.50. The van der Waals surface area contributed by atoms with Gasteiger partial charge in [0.15, 0.2) is 0 Å². The van der Waals surface area contributed by atoms with E-state index >= 15 is 0 Å². The summed E-state index contributed by atoms with van der Waals surface area (Å²) in [5, 5.41) is 13.7. The van der Waals surface area contributed by atoms with E-state index in [0.29, 0.717) is 5.56 Å². The Morgan fingerprint density at radius 1 is 1.33 bits per heavy atom. The van der Waals surface area contributed by atoms with Crippen LogP contribution in [0.3, 0.4) is 0 Å². The van der Waals surface area contributed by atoms with Gasteiger partial charge in [0, 0.05) is 19.2 Å². The number of aryl methyl sites for hydroxylation is 1. The molecule has 1 amide bonds. The Morgan fingerprint density at radius 2 is 1.95 bits per heavy atom. The standard InChI is InChI=1S/C13H15F3N2O3/c1-7-3-4-9(13(14,15)16)5-10(7)17-6-11(12(20)21)18-8(2)19/h3-5,11,17H,6H2,1-2H3,(H,18,19)(H,20,21). The lowest BCUT2D eigenvalue weighted by molar-refractivity contribution is -0.141. The van der Waals surface area contributed by atoms with Gasteiger partial charge in [0.05, 0.1) is 5.56 Å². The molecule has 0 saturated carbocycles. The van der Waals surface area contributed by atoms with E-state index in [1.54, 1.807) is 6.92 Å². The second-order valence-corrected chi connectivity index (χ2v) is 4.50. The average Bonchev–Trinajstić information content (AvgIpc) is 2.33. The number of alkyl halides is 3. The van der Waals surface area contributed by atoms with Gasteiger partial charge < -0.3 is 15.7 Å². The molecule has 0 spiro atoms. The molecule has 1 unspecified atom stereocenters. The SMILES string of the molecule is CC(=O)NC(CNc1cc(C(F)(F)F)ccc1C)C(=O)O. The first-order valence-corrected chi connectivity index (χ1v) is 6.03. The van der Waals surface area contributed by atoms with E-state index in [1.165, 1.54) is 6.07 Å². The fraction of sp³-hybridized carbons (Fsp3) is 0.385. The van der Waals surface area contributed by atoms with Gasteiger partial charge >= 0.3 is 12.1 Å². The first-order chi connectivity index (χ1) is 9.61. The number of hydrogen-bond donors (Lipinski definition) is 3. The van der Waals surface area contributed by atoms with Crippen LogP contribution in [0.1, 0.15) is 18.1 Å². The van der Waals surface area contributed by atoms with Crippen molar-refractivity contribution in [2.24, 2.45) is 0 Å². The lowest BCUT2D eigenvalue weighted by Crippen LogP contribution is -2.44. The second kappa shape index (κ2) is 6.47. The zero-order valence-electron chi connectivity index (χ0n) is 11.4. The third kappa shape index (κ3) is 4.97. The highest BCUT2D eigenvalue weighted by Crippen LogP contribution is 2.31. The molecule has 1 aromatic rings. The number of carboxylic acid groups (broad SMARTS) is 1. The van der Waals surface area contributed by atoms with Crippen LogP contribution in [0.4, 0.5) is 18.9 Å². The predicted octanol–water partition coefficient (Wildman–Crippen LogP) is 2.02. The maximum absolute atomic E-state index is 12.6. The smallest absolute Gasteiger partial charge is 0.416 e. The summed E-state index contributed by atoms with van der Waals surface area (Å²) < 4.78 is 37.9. The van der Waals surface area contributed by atoms with Crippen molar-refractivity contribution in [1.82, 2.24) is 5.32 Å². The lowest BCUT2D eigenvalue weighted by atomic mass is 10.1. The molecule has 21 heavy (non-hydrogen) atoms. The van der Waals surface area contributed by atoms with Crippen molar-refractivity contribution >= 4 is 17.6 Å². The number of amides is 1. The Labute approximate surface area is 119 Å². The minimum atomic E-state index is -4.48. The summed E-state index contributed by atoms with van der Waals surface area (Å²) in [6, 6.07) is 1.92. The quantitative estimate of drug-likeness (QED) is 0.777. The highest BCUT2D eigenvalue weighted by molar-refractivity contribution is 5.82. The largest absolute Gasteiger partial charge is 0.480 e. The van der Waals surface area contributed by atoms with Gasteiger partial charge in [-0.3, -0.25) is 4.79 Å². The van der Waals surface area contributed by atoms with Crippen LogP contribution in [0.15, 0.2) is 18.2 Å². The van der Waals surface area contributed by atoms with Gasteiger partial charge in [-0.05, 0) is 24.6 Å². The third-order valence-electron chi connectivity index (χ3n) is 2.74. The monoisotopic (exact) mass is 304 g/mol. The summed E-state index contributed by atoms with van der Waals surface area (Å²) >= 11 is 0. The van der Waals surface area contributed by atoms with Gasteiger partial charge in [0.1, 0.15) is 6.04 Å². The van der Waals surface area contributed by atoms with E-state index in [-0.39, 0.29) is 12.2 Å². The molecule has 0 aliphatic heterocycles. The molecular formula is C13H15F3N2O3. The molecule has 116 valence electrons. The van der Waals surface area contributed by atoms with Gasteiger partial charge in [-0.2, -0.15) is 13.2 Å². The molecule has 0 aromatic heterocycles. The number of carbonyl (C=O) groups is 2. The molecule has 0 fully saturated rings. The molecule has 0 aliphatic rings. The number of benzene rings is 1. The van der Waals surface area contributed by atoms with Crippen molar-refractivity contribution < 1.29 is 27.9 Å². The van der Waals surface area contributed by atoms with Crippen LogP contribution in [0.5, 0.6) is 0 Å². The van der Waals surface area contributed by atoms with Crippen LogP contribution in [0.2, 0.25) is 0 Å². The first-order valence-electron chi connectivity index (χ1n) is 6.03. The molecule has 0 aliphatic carbocycles. The van der Waals surface area contributed by atoms with Crippen LogP contribution in [-0.4, -0.2) is 29.6 Å². The van der Waals surface area contributed by atoms with Gasteiger partial charge in [0.25, 0.3) is 0 Å². The van der Waals surface area contributed by atoms with E-state index in [1.807, 2.05) is 0 Å². The Kier molecular flexibility index (Phi) is 5.17. The Hall–Kier alpha value is -2.25. The Morgan fingerprint density at radius 3 is 2.43 bits per heavy atom. The number of carboxylic acids is 1. The van der Waals surface area contributed by atoms with Crippen LogP contribution >= 0.6 is 0 Å². The molecule has 1 rings (SSSR count). The van der Waals surface area contributed by atoms with E-state index < -0.39 is 29.7 Å². The molecular weight excluding hydrogens is 289 g/mol. The summed E-state index contributed by atoms with van der Waals surface area (Å²) in [5.41, 5.74) is -0.126. The predicted molar refractivity (Wildman–Crippen MR) is 69.9 cm³/mol. The minimum Gasteiger partial charge on any atom is -0.480 e. The van der Waals surface area contributed by atoms with Crippen molar-refractivity contribution in [1.29, 1.82) is 0 Å². The minimum absolute atomic E-state index is 0.168. The number of halogens is 3. The Balaban J connectivity index is 2.87. The lowest BCUT2D eigenvalue weighted by Gasteiger charge is -2.17. The van der Waals surface area contributed by atoms with Crippen molar-refractivity contribution in [3.05, 3.63) is 29.3 Å². The summed E-state index contributed by atoms with van der Waals surface area (Å²) in [7, 11) is 0. The van der Waals surface area contributed by atoms with E-state index in [4.69, 9.17) is 5.11 Å². The highest BCUT2D eigenvalue weighted by atomic mass is 19.4. The van der Waals surface area contributed by atoms with E-state index in [2.05, 4.69) is 10.6 Å². The van der Waals surface area contributed by atoms with Gasteiger partial charge in [0.2, 0.25) is 5.91 Å². The van der Waals surface area contributed by atoms with Crippen molar-refractivity contribution in [3.63, 3.8) is 0 Å². The fourth-order valence-electron chi connectivity index (χ4n) is 1.65. The zero-order chi connectivity index (χ0) is 16.2. The van der Waals surface area contributed by atoms with E-state index in [0.717, 1.165) is 19.1 Å².